The Morgan fingerprint density at radius 2 is 1.28 bits per heavy atom. The minimum Gasteiger partial charge on any atom is -0.0990 e. The van der Waals surface area contributed by atoms with E-state index in [1.54, 1.807) is 11.8 Å². The highest BCUT2D eigenvalue weighted by Crippen LogP contribution is 2.27. The van der Waals surface area contributed by atoms with E-state index in [0.29, 0.717) is 0 Å². The van der Waals surface area contributed by atoms with Gasteiger partial charge in [0.1, 0.15) is 0 Å². The molecule has 18 heavy (non-hydrogen) atoms. The highest BCUT2D eigenvalue weighted by atomic mass is 32.2. The molecule has 0 aliphatic heterocycles. The van der Waals surface area contributed by atoms with Gasteiger partial charge in [-0.2, -0.15) is 0 Å². The first-order valence-corrected chi connectivity index (χ1v) is 7.52. The Hall–Kier alpha value is -0.950. The summed E-state index contributed by atoms with van der Waals surface area (Å²) in [5.74, 6) is 0. The highest BCUT2D eigenvalue weighted by Gasteiger charge is 1.95. The fraction of sp³-hybridized carbons (Fsp3) is 0.412. The van der Waals surface area contributed by atoms with E-state index >= 15 is 0 Å². The highest BCUT2D eigenvalue weighted by molar-refractivity contribution is 8.07. The van der Waals surface area contributed by atoms with Gasteiger partial charge < -0.3 is 0 Å². The van der Waals surface area contributed by atoms with Crippen molar-refractivity contribution in [3.63, 3.8) is 0 Å². The van der Waals surface area contributed by atoms with Gasteiger partial charge in [-0.1, -0.05) is 82.5 Å². The van der Waals surface area contributed by atoms with E-state index in [1.807, 2.05) is 72.8 Å². The van der Waals surface area contributed by atoms with Gasteiger partial charge in [0.2, 0.25) is 0 Å². The first kappa shape index (κ1) is 22.2. The van der Waals surface area contributed by atoms with Gasteiger partial charge in [-0.3, -0.25) is 0 Å². The molecule has 0 aromatic heterocycles. The van der Waals surface area contributed by atoms with E-state index in [9.17, 15) is 0 Å². The normalized spacial score (nSPS) is 11.7. The molecule has 0 saturated heterocycles. The van der Waals surface area contributed by atoms with Crippen molar-refractivity contribution in [3.05, 3.63) is 58.9 Å². The summed E-state index contributed by atoms with van der Waals surface area (Å²) < 4.78 is 0. The Morgan fingerprint density at radius 1 is 0.833 bits per heavy atom. The van der Waals surface area contributed by atoms with Crippen molar-refractivity contribution < 1.29 is 0 Å². The maximum absolute atomic E-state index is 3.70. The Balaban J connectivity index is -0.000000506. The monoisotopic (exact) mass is 266 g/mol. The lowest BCUT2D eigenvalue weighted by Gasteiger charge is -2.01. The SMILES string of the molecule is C=C/C=C(\C=C/C)SC(/C=C\C)=C/C.CC.CC. The van der Waals surface area contributed by atoms with Crippen LogP contribution in [-0.4, -0.2) is 0 Å². The lowest BCUT2D eigenvalue weighted by Crippen LogP contribution is -1.73. The summed E-state index contributed by atoms with van der Waals surface area (Å²) in [6.45, 7) is 17.8. The second-order valence-electron chi connectivity index (χ2n) is 2.60. The van der Waals surface area contributed by atoms with Crippen LogP contribution in [0.25, 0.3) is 0 Å². The van der Waals surface area contributed by atoms with Crippen LogP contribution in [0.2, 0.25) is 0 Å². The van der Waals surface area contributed by atoms with E-state index in [4.69, 9.17) is 0 Å². The van der Waals surface area contributed by atoms with E-state index in [0.717, 1.165) is 0 Å². The third-order valence-electron chi connectivity index (χ3n) is 1.46. The zero-order valence-corrected chi connectivity index (χ0v) is 14.0. The van der Waals surface area contributed by atoms with Crippen LogP contribution >= 0.6 is 11.8 Å². The van der Waals surface area contributed by atoms with Crippen molar-refractivity contribution in [1.29, 1.82) is 0 Å². The molecule has 0 unspecified atom stereocenters. The summed E-state index contributed by atoms with van der Waals surface area (Å²) in [7, 11) is 0. The number of thioether (sulfide) groups is 1. The molecular weight excluding hydrogens is 236 g/mol. The maximum Gasteiger partial charge on any atom is 0.0118 e. The Kier molecular flexibility index (Phi) is 26.4. The van der Waals surface area contributed by atoms with E-state index < -0.39 is 0 Å². The number of allylic oxidation sites excluding steroid dienone is 7. The van der Waals surface area contributed by atoms with Crippen LogP contribution < -0.4 is 0 Å². The van der Waals surface area contributed by atoms with Crippen LogP contribution in [0.3, 0.4) is 0 Å². The van der Waals surface area contributed by atoms with Crippen molar-refractivity contribution in [1.82, 2.24) is 0 Å². The van der Waals surface area contributed by atoms with Gasteiger partial charge >= 0.3 is 0 Å². The van der Waals surface area contributed by atoms with Crippen molar-refractivity contribution in [2.24, 2.45) is 0 Å². The first-order valence-electron chi connectivity index (χ1n) is 6.70. The summed E-state index contributed by atoms with van der Waals surface area (Å²) in [4.78, 5) is 2.45. The second-order valence-corrected chi connectivity index (χ2v) is 3.74. The summed E-state index contributed by atoms with van der Waals surface area (Å²) >= 11 is 1.74. The fourth-order valence-electron chi connectivity index (χ4n) is 0.894. The molecule has 0 radical (unpaired) electrons. The number of rotatable bonds is 5. The minimum atomic E-state index is 1.20. The molecule has 0 fully saturated rings. The molecule has 0 bridgehead atoms. The summed E-state index contributed by atoms with van der Waals surface area (Å²) in [5, 5.41) is 0. The first-order chi connectivity index (χ1) is 8.78. The molecule has 0 rings (SSSR count). The predicted octanol–water partition coefficient (Wildman–Crippen LogP) is 6.90. The minimum absolute atomic E-state index is 1.20. The quantitative estimate of drug-likeness (QED) is 0.488. The fourth-order valence-corrected chi connectivity index (χ4v) is 1.86. The summed E-state index contributed by atoms with van der Waals surface area (Å²) in [6.07, 6.45) is 14.2. The van der Waals surface area contributed by atoms with Crippen LogP contribution in [0.4, 0.5) is 0 Å². The van der Waals surface area contributed by atoms with Gasteiger partial charge in [-0.15, -0.1) is 0 Å². The summed E-state index contributed by atoms with van der Waals surface area (Å²) in [5.41, 5.74) is 0. The van der Waals surface area contributed by atoms with Crippen molar-refractivity contribution in [3.8, 4) is 0 Å². The maximum atomic E-state index is 3.70. The second kappa shape index (κ2) is 21.3. The van der Waals surface area contributed by atoms with Crippen molar-refractivity contribution in [2.45, 2.75) is 48.5 Å². The van der Waals surface area contributed by atoms with Crippen LogP contribution in [0.1, 0.15) is 48.5 Å². The third-order valence-corrected chi connectivity index (χ3v) is 2.58. The third kappa shape index (κ3) is 15.0. The van der Waals surface area contributed by atoms with Gasteiger partial charge in [0.25, 0.3) is 0 Å². The van der Waals surface area contributed by atoms with E-state index in [-0.39, 0.29) is 0 Å². The van der Waals surface area contributed by atoms with Crippen LogP contribution in [0, 0.1) is 0 Å². The zero-order valence-electron chi connectivity index (χ0n) is 13.2. The Morgan fingerprint density at radius 3 is 1.61 bits per heavy atom. The van der Waals surface area contributed by atoms with E-state index in [2.05, 4.69) is 24.8 Å². The smallest absolute Gasteiger partial charge is 0.0118 e. The molecule has 0 saturated carbocycles. The molecule has 0 aliphatic rings. The molecule has 0 aromatic carbocycles. The number of hydrogen-bond acceptors (Lipinski definition) is 1. The Bertz CT molecular complexity index is 278. The molecule has 0 N–H and O–H groups in total. The predicted molar refractivity (Wildman–Crippen MR) is 92.0 cm³/mol. The average Bonchev–Trinajstić information content (AvgIpc) is 2.43. The molecule has 0 atom stereocenters. The lowest BCUT2D eigenvalue weighted by molar-refractivity contribution is 1.50. The van der Waals surface area contributed by atoms with Gasteiger partial charge in [-0.05, 0) is 26.8 Å². The lowest BCUT2D eigenvalue weighted by atomic mass is 10.4. The zero-order chi connectivity index (χ0) is 14.8. The molecule has 1 heteroatoms. The van der Waals surface area contributed by atoms with Gasteiger partial charge in [-0.25, -0.2) is 0 Å². The standard InChI is InChI=1S/C13H18S.2C2H6/c1-5-9-12(8-4)14-13(10-6-2)11-7-3;2*1-2/h5-11H,2H2,1,3-4H3;2*1-2H3/b9-5-,11-7-,12-8+,13-10+;;. The molecule has 0 aliphatic carbocycles. The summed E-state index contributed by atoms with van der Waals surface area (Å²) in [6, 6.07) is 0. The van der Waals surface area contributed by atoms with Gasteiger partial charge in [0.15, 0.2) is 0 Å². The molecule has 0 spiro atoms. The van der Waals surface area contributed by atoms with Crippen molar-refractivity contribution >= 4 is 11.8 Å². The average molecular weight is 266 g/mol. The topological polar surface area (TPSA) is 0 Å². The van der Waals surface area contributed by atoms with Crippen LogP contribution in [-0.2, 0) is 0 Å². The van der Waals surface area contributed by atoms with Crippen LogP contribution in [0.5, 0.6) is 0 Å². The van der Waals surface area contributed by atoms with E-state index in [1.165, 1.54) is 9.81 Å². The molecule has 104 valence electrons. The Labute approximate surface area is 119 Å². The van der Waals surface area contributed by atoms with Gasteiger partial charge in [0.05, 0.1) is 0 Å². The molecule has 0 amide bonds. The van der Waals surface area contributed by atoms with Crippen molar-refractivity contribution in [2.75, 3.05) is 0 Å². The number of hydrogen-bond donors (Lipinski definition) is 0. The molecule has 0 aromatic rings. The molecular formula is C17H30S. The molecule has 0 nitrogen and oxygen atoms in total. The largest absolute Gasteiger partial charge is 0.0990 e. The van der Waals surface area contributed by atoms with Gasteiger partial charge in [0, 0.05) is 9.81 Å². The van der Waals surface area contributed by atoms with Crippen LogP contribution in [0.15, 0.2) is 58.9 Å². The molecule has 0 heterocycles.